The topological polar surface area (TPSA) is 74.5 Å². The monoisotopic (exact) mass is 424 g/mol. The van der Waals surface area contributed by atoms with Crippen molar-refractivity contribution in [1.29, 1.82) is 0 Å². The smallest absolute Gasteiger partial charge is 0.246 e. The summed E-state index contributed by atoms with van der Waals surface area (Å²) in [7, 11) is 3.74. The van der Waals surface area contributed by atoms with Crippen LogP contribution in [0.1, 0.15) is 11.1 Å². The molecule has 0 saturated heterocycles. The molecule has 1 heterocycles. The van der Waals surface area contributed by atoms with Crippen LogP contribution in [0.2, 0.25) is 5.02 Å². The Bertz CT molecular complexity index is 985. The highest BCUT2D eigenvalue weighted by Crippen LogP contribution is 2.12. The number of nitrogens with one attached hydrogen (secondary N) is 2. The fourth-order valence-electron chi connectivity index (χ4n) is 3.01. The van der Waals surface area contributed by atoms with Gasteiger partial charge in [0.15, 0.2) is 5.96 Å². The van der Waals surface area contributed by atoms with Gasteiger partial charge in [-0.1, -0.05) is 35.9 Å². The molecule has 3 aromatic rings. The minimum atomic E-state index is -0.123. The SMILES string of the molecule is CN=C(NCc1cccc(NC(=O)Cn2cccn2)c1)N(C)Cc1ccc(Cl)cc1. The molecule has 3 rings (SSSR count). The van der Waals surface area contributed by atoms with Gasteiger partial charge in [-0.2, -0.15) is 5.10 Å². The standard InChI is InChI=1S/C22H25ClN6O/c1-24-22(28(2)15-17-7-9-19(23)10-8-17)25-14-18-5-3-6-20(13-18)27-21(30)16-29-12-4-11-26-29/h3-13H,14-16H2,1-2H3,(H,24,25)(H,27,30). The van der Waals surface area contributed by atoms with Crippen molar-refractivity contribution < 1.29 is 4.79 Å². The summed E-state index contributed by atoms with van der Waals surface area (Å²) >= 11 is 5.95. The zero-order valence-corrected chi connectivity index (χ0v) is 17.8. The maximum Gasteiger partial charge on any atom is 0.246 e. The molecular weight excluding hydrogens is 400 g/mol. The highest BCUT2D eigenvalue weighted by molar-refractivity contribution is 6.30. The second-order valence-electron chi connectivity index (χ2n) is 6.84. The number of aromatic nitrogens is 2. The second-order valence-corrected chi connectivity index (χ2v) is 7.27. The first-order valence-electron chi connectivity index (χ1n) is 9.56. The van der Waals surface area contributed by atoms with Crippen LogP contribution >= 0.6 is 11.6 Å². The minimum absolute atomic E-state index is 0.123. The number of hydrogen-bond donors (Lipinski definition) is 2. The maximum atomic E-state index is 12.2. The first-order valence-corrected chi connectivity index (χ1v) is 9.94. The molecule has 30 heavy (non-hydrogen) atoms. The summed E-state index contributed by atoms with van der Waals surface area (Å²) < 4.78 is 1.58. The van der Waals surface area contributed by atoms with Gasteiger partial charge in [-0.25, -0.2) is 0 Å². The van der Waals surface area contributed by atoms with Gasteiger partial charge in [0.2, 0.25) is 5.91 Å². The quantitative estimate of drug-likeness (QED) is 0.450. The number of carbonyl (C=O) groups is 1. The van der Waals surface area contributed by atoms with Gasteiger partial charge in [0.1, 0.15) is 6.54 Å². The average Bonchev–Trinajstić information content (AvgIpc) is 3.23. The summed E-state index contributed by atoms with van der Waals surface area (Å²) in [6.45, 7) is 1.47. The van der Waals surface area contributed by atoms with Gasteiger partial charge in [-0.3, -0.25) is 14.5 Å². The third-order valence-corrected chi connectivity index (χ3v) is 4.68. The van der Waals surface area contributed by atoms with E-state index in [1.54, 1.807) is 30.2 Å². The average molecular weight is 425 g/mol. The van der Waals surface area contributed by atoms with Crippen molar-refractivity contribution in [2.75, 3.05) is 19.4 Å². The molecule has 0 saturated carbocycles. The highest BCUT2D eigenvalue weighted by Gasteiger charge is 2.08. The van der Waals surface area contributed by atoms with Gasteiger partial charge < -0.3 is 15.5 Å². The number of anilines is 1. The summed E-state index contributed by atoms with van der Waals surface area (Å²) in [6, 6.07) is 17.3. The molecule has 1 amide bonds. The second kappa shape index (κ2) is 10.5. The van der Waals surface area contributed by atoms with E-state index in [0.717, 1.165) is 27.8 Å². The van der Waals surface area contributed by atoms with Gasteiger partial charge in [-0.15, -0.1) is 0 Å². The molecule has 0 spiro atoms. The normalized spacial score (nSPS) is 11.2. The van der Waals surface area contributed by atoms with Crippen LogP contribution < -0.4 is 10.6 Å². The molecule has 156 valence electrons. The van der Waals surface area contributed by atoms with E-state index in [1.165, 1.54) is 0 Å². The van der Waals surface area contributed by atoms with Gasteiger partial charge >= 0.3 is 0 Å². The molecule has 0 bridgehead atoms. The molecule has 0 aliphatic rings. The van der Waals surface area contributed by atoms with Gasteiger partial charge in [0.05, 0.1) is 0 Å². The molecule has 1 aromatic heterocycles. The van der Waals surface area contributed by atoms with E-state index in [4.69, 9.17) is 11.6 Å². The molecule has 2 N–H and O–H groups in total. The van der Waals surface area contributed by atoms with Crippen molar-refractivity contribution in [1.82, 2.24) is 20.0 Å². The number of rotatable bonds is 7. The van der Waals surface area contributed by atoms with Crippen LogP contribution in [0.5, 0.6) is 0 Å². The number of amides is 1. The Balaban J connectivity index is 1.54. The van der Waals surface area contributed by atoms with Crippen LogP contribution in [0.4, 0.5) is 5.69 Å². The summed E-state index contributed by atoms with van der Waals surface area (Å²) in [5.74, 6) is 0.653. The van der Waals surface area contributed by atoms with E-state index < -0.39 is 0 Å². The van der Waals surface area contributed by atoms with Crippen molar-refractivity contribution in [3.63, 3.8) is 0 Å². The Morgan fingerprint density at radius 3 is 2.67 bits per heavy atom. The molecule has 2 aromatic carbocycles. The lowest BCUT2D eigenvalue weighted by Crippen LogP contribution is -2.38. The molecular formula is C22H25ClN6O. The van der Waals surface area contributed by atoms with Crippen molar-refractivity contribution in [3.05, 3.63) is 83.1 Å². The number of nitrogens with zero attached hydrogens (tertiary/aromatic N) is 4. The first kappa shape index (κ1) is 21.4. The van der Waals surface area contributed by atoms with Crippen molar-refractivity contribution in [2.24, 2.45) is 4.99 Å². The number of guanidine groups is 1. The Labute approximate surface area is 181 Å². The Morgan fingerprint density at radius 1 is 1.17 bits per heavy atom. The number of halogens is 1. The summed E-state index contributed by atoms with van der Waals surface area (Å²) in [6.07, 6.45) is 3.41. The summed E-state index contributed by atoms with van der Waals surface area (Å²) in [5.41, 5.74) is 2.93. The highest BCUT2D eigenvalue weighted by atomic mass is 35.5. The van der Waals surface area contributed by atoms with Crippen molar-refractivity contribution in [3.8, 4) is 0 Å². The molecule has 0 atom stereocenters. The van der Waals surface area contributed by atoms with E-state index in [9.17, 15) is 4.79 Å². The predicted molar refractivity (Wildman–Crippen MR) is 120 cm³/mol. The molecule has 0 fully saturated rings. The lowest BCUT2D eigenvalue weighted by molar-refractivity contribution is -0.116. The fourth-order valence-corrected chi connectivity index (χ4v) is 3.13. The predicted octanol–water partition coefficient (Wildman–Crippen LogP) is 3.38. The van der Waals surface area contributed by atoms with Crippen LogP contribution in [-0.2, 0) is 24.4 Å². The molecule has 7 nitrogen and oxygen atoms in total. The van der Waals surface area contributed by atoms with Crippen LogP contribution in [0.15, 0.2) is 72.0 Å². The number of carbonyl (C=O) groups excluding carboxylic acids is 1. The third-order valence-electron chi connectivity index (χ3n) is 4.43. The third kappa shape index (κ3) is 6.35. The van der Waals surface area contributed by atoms with Crippen LogP contribution in [0, 0.1) is 0 Å². The fraction of sp³-hybridized carbons (Fsp3) is 0.227. The van der Waals surface area contributed by atoms with E-state index >= 15 is 0 Å². The zero-order chi connectivity index (χ0) is 21.3. The van der Waals surface area contributed by atoms with Crippen molar-refractivity contribution in [2.45, 2.75) is 19.6 Å². The van der Waals surface area contributed by atoms with Crippen LogP contribution in [-0.4, -0.2) is 40.6 Å². The van der Waals surface area contributed by atoms with Gasteiger partial charge in [0, 0.05) is 50.3 Å². The number of aliphatic imine (C=N–C) groups is 1. The molecule has 0 unspecified atom stereocenters. The largest absolute Gasteiger partial charge is 0.352 e. The van der Waals surface area contributed by atoms with Crippen molar-refractivity contribution >= 4 is 29.2 Å². The van der Waals surface area contributed by atoms with E-state index in [2.05, 4.69) is 20.7 Å². The van der Waals surface area contributed by atoms with Crippen LogP contribution in [0.3, 0.4) is 0 Å². The number of benzene rings is 2. The van der Waals surface area contributed by atoms with Gasteiger partial charge in [-0.05, 0) is 41.5 Å². The summed E-state index contributed by atoms with van der Waals surface area (Å²) in [4.78, 5) is 18.6. The lowest BCUT2D eigenvalue weighted by Gasteiger charge is -2.22. The van der Waals surface area contributed by atoms with E-state index in [1.807, 2.05) is 60.5 Å². The Morgan fingerprint density at radius 2 is 1.97 bits per heavy atom. The lowest BCUT2D eigenvalue weighted by atomic mass is 10.2. The van der Waals surface area contributed by atoms with Gasteiger partial charge in [0.25, 0.3) is 0 Å². The molecule has 0 aliphatic carbocycles. The van der Waals surface area contributed by atoms with Crippen LogP contribution in [0.25, 0.3) is 0 Å². The minimum Gasteiger partial charge on any atom is -0.352 e. The number of hydrogen-bond acceptors (Lipinski definition) is 3. The molecule has 0 radical (unpaired) electrons. The zero-order valence-electron chi connectivity index (χ0n) is 17.0. The Kier molecular flexibility index (Phi) is 7.45. The first-order chi connectivity index (χ1) is 14.5. The Hall–Kier alpha value is -3.32. The maximum absolute atomic E-state index is 12.2. The summed E-state index contributed by atoms with van der Waals surface area (Å²) in [5, 5.41) is 11.0. The molecule has 0 aliphatic heterocycles. The molecule has 8 heteroatoms. The van der Waals surface area contributed by atoms with E-state index in [0.29, 0.717) is 13.1 Å². The van der Waals surface area contributed by atoms with E-state index in [-0.39, 0.29) is 12.5 Å².